The Morgan fingerprint density at radius 3 is 3.00 bits per heavy atom. The number of hydrogen-bond acceptors (Lipinski definition) is 2. The van der Waals surface area contributed by atoms with E-state index in [9.17, 15) is 0 Å². The van der Waals surface area contributed by atoms with Crippen molar-refractivity contribution in [3.8, 4) is 0 Å². The minimum Gasteiger partial charge on any atom is -0.461 e. The number of aliphatic hydroxyl groups excluding tert-OH is 1. The second-order valence-electron chi connectivity index (χ2n) is 4.30. The smallest absolute Gasteiger partial charge is 0.134 e. The van der Waals surface area contributed by atoms with E-state index in [-0.39, 0.29) is 0 Å². The van der Waals surface area contributed by atoms with Crippen LogP contribution < -0.4 is 0 Å². The van der Waals surface area contributed by atoms with Crippen molar-refractivity contribution in [1.29, 1.82) is 0 Å². The van der Waals surface area contributed by atoms with Crippen LogP contribution in [-0.4, -0.2) is 11.7 Å². The zero-order valence-electron chi connectivity index (χ0n) is 8.52. The number of hydrogen-bond donors (Lipinski definition) is 1. The summed E-state index contributed by atoms with van der Waals surface area (Å²) in [4.78, 5) is 0. The average molecular weight is 202 g/mol. The van der Waals surface area contributed by atoms with Crippen LogP contribution in [0.3, 0.4) is 0 Å². The molecule has 2 heteroatoms. The molecular formula is C13H14O2. The number of rotatable bonds is 3. The Kier molecular flexibility index (Phi) is 2.03. The van der Waals surface area contributed by atoms with Crippen LogP contribution in [0.1, 0.15) is 24.5 Å². The van der Waals surface area contributed by atoms with E-state index in [4.69, 9.17) is 9.52 Å². The monoisotopic (exact) mass is 202 g/mol. The van der Waals surface area contributed by atoms with Gasteiger partial charge in [-0.1, -0.05) is 18.2 Å². The first-order valence-corrected chi connectivity index (χ1v) is 5.48. The highest BCUT2D eigenvalue weighted by Gasteiger charge is 2.39. The van der Waals surface area contributed by atoms with E-state index in [1.165, 1.54) is 11.8 Å². The summed E-state index contributed by atoms with van der Waals surface area (Å²) in [6, 6.07) is 10.2. The summed E-state index contributed by atoms with van der Waals surface area (Å²) < 4.78 is 5.79. The summed E-state index contributed by atoms with van der Waals surface area (Å²) >= 11 is 0. The van der Waals surface area contributed by atoms with Crippen LogP contribution >= 0.6 is 0 Å². The quantitative estimate of drug-likeness (QED) is 0.830. The predicted octanol–water partition coefficient (Wildman–Crippen LogP) is 2.92. The third-order valence-electron chi connectivity index (χ3n) is 3.23. The first kappa shape index (κ1) is 8.98. The SMILES string of the molecule is OCC[C@H]1C[C@@H]1c1cc2ccccc2o1. The molecule has 1 heterocycles. The molecule has 1 aromatic carbocycles. The fraction of sp³-hybridized carbons (Fsp3) is 0.385. The molecule has 1 fully saturated rings. The number of benzene rings is 1. The molecule has 1 aliphatic rings. The second-order valence-corrected chi connectivity index (χ2v) is 4.30. The molecule has 0 bridgehead atoms. The molecule has 0 saturated heterocycles. The molecule has 1 N–H and O–H groups in total. The molecule has 0 unspecified atom stereocenters. The van der Waals surface area contributed by atoms with Crippen molar-refractivity contribution >= 4 is 11.0 Å². The van der Waals surface area contributed by atoms with Crippen molar-refractivity contribution in [2.75, 3.05) is 6.61 Å². The van der Waals surface area contributed by atoms with Crippen molar-refractivity contribution in [2.24, 2.45) is 5.92 Å². The van der Waals surface area contributed by atoms with Crippen molar-refractivity contribution < 1.29 is 9.52 Å². The maximum Gasteiger partial charge on any atom is 0.134 e. The molecule has 0 aliphatic heterocycles. The van der Waals surface area contributed by atoms with Crippen molar-refractivity contribution in [3.63, 3.8) is 0 Å². The Bertz CT molecular complexity index is 439. The van der Waals surface area contributed by atoms with Crippen LogP contribution in [0, 0.1) is 5.92 Å². The molecule has 3 rings (SSSR count). The van der Waals surface area contributed by atoms with Gasteiger partial charge in [0.1, 0.15) is 11.3 Å². The predicted molar refractivity (Wildman–Crippen MR) is 58.8 cm³/mol. The Balaban J connectivity index is 1.87. The van der Waals surface area contributed by atoms with Crippen LogP contribution in [-0.2, 0) is 0 Å². The average Bonchev–Trinajstić information content (AvgIpc) is 2.89. The number of furan rings is 1. The third-order valence-corrected chi connectivity index (χ3v) is 3.23. The molecule has 2 nitrogen and oxygen atoms in total. The highest BCUT2D eigenvalue weighted by Crippen LogP contribution is 2.50. The molecule has 15 heavy (non-hydrogen) atoms. The van der Waals surface area contributed by atoms with Gasteiger partial charge in [0.2, 0.25) is 0 Å². The lowest BCUT2D eigenvalue weighted by Gasteiger charge is -1.92. The number of aliphatic hydroxyl groups is 1. The first-order chi connectivity index (χ1) is 7.38. The van der Waals surface area contributed by atoms with Crippen LogP contribution in [0.4, 0.5) is 0 Å². The van der Waals surface area contributed by atoms with Crippen LogP contribution in [0.25, 0.3) is 11.0 Å². The molecule has 78 valence electrons. The van der Waals surface area contributed by atoms with Gasteiger partial charge in [-0.25, -0.2) is 0 Å². The normalized spacial score (nSPS) is 24.6. The van der Waals surface area contributed by atoms with Gasteiger partial charge in [-0.3, -0.25) is 0 Å². The summed E-state index contributed by atoms with van der Waals surface area (Å²) in [7, 11) is 0. The first-order valence-electron chi connectivity index (χ1n) is 5.48. The zero-order valence-corrected chi connectivity index (χ0v) is 8.52. The fourth-order valence-corrected chi connectivity index (χ4v) is 2.27. The topological polar surface area (TPSA) is 33.4 Å². The van der Waals surface area contributed by atoms with Gasteiger partial charge in [0, 0.05) is 17.9 Å². The standard InChI is InChI=1S/C13H14O2/c14-6-5-9-7-11(9)13-8-10-3-1-2-4-12(10)15-13/h1-4,8-9,11,14H,5-7H2/t9-,11-/m0/s1. The zero-order chi connectivity index (χ0) is 10.3. The summed E-state index contributed by atoms with van der Waals surface area (Å²) in [5.41, 5.74) is 0.974. The minimum absolute atomic E-state index is 0.293. The highest BCUT2D eigenvalue weighted by atomic mass is 16.3. The number of para-hydroxylation sites is 1. The molecule has 2 aromatic rings. The molecular weight excluding hydrogens is 188 g/mol. The van der Waals surface area contributed by atoms with E-state index >= 15 is 0 Å². The molecule has 2 atom stereocenters. The summed E-state index contributed by atoms with van der Waals surface area (Å²) in [6.45, 7) is 0.293. The Hall–Kier alpha value is -1.28. The lowest BCUT2D eigenvalue weighted by molar-refractivity contribution is 0.278. The van der Waals surface area contributed by atoms with E-state index in [1.54, 1.807) is 0 Å². The Labute approximate surface area is 88.5 Å². The summed E-state index contributed by atoms with van der Waals surface area (Å²) in [5, 5.41) is 10.0. The molecule has 0 radical (unpaired) electrons. The Morgan fingerprint density at radius 2 is 2.20 bits per heavy atom. The summed E-state index contributed by atoms with van der Waals surface area (Å²) in [5.74, 6) is 2.27. The van der Waals surface area contributed by atoms with Crippen molar-refractivity contribution in [1.82, 2.24) is 0 Å². The van der Waals surface area contributed by atoms with Crippen LogP contribution in [0.5, 0.6) is 0 Å². The second kappa shape index (κ2) is 3.38. The van der Waals surface area contributed by atoms with Crippen molar-refractivity contribution in [2.45, 2.75) is 18.8 Å². The minimum atomic E-state index is 0.293. The molecule has 1 aliphatic carbocycles. The van der Waals surface area contributed by atoms with Gasteiger partial charge in [0.25, 0.3) is 0 Å². The van der Waals surface area contributed by atoms with Gasteiger partial charge in [0.15, 0.2) is 0 Å². The van der Waals surface area contributed by atoms with Crippen LogP contribution in [0.2, 0.25) is 0 Å². The van der Waals surface area contributed by atoms with E-state index in [0.29, 0.717) is 18.4 Å². The van der Waals surface area contributed by atoms with Gasteiger partial charge in [-0.05, 0) is 30.9 Å². The third kappa shape index (κ3) is 1.55. The van der Waals surface area contributed by atoms with Crippen molar-refractivity contribution in [3.05, 3.63) is 36.1 Å². The van der Waals surface area contributed by atoms with E-state index < -0.39 is 0 Å². The van der Waals surface area contributed by atoms with E-state index in [1.807, 2.05) is 18.2 Å². The Morgan fingerprint density at radius 1 is 1.33 bits per heavy atom. The van der Waals surface area contributed by atoms with Gasteiger partial charge >= 0.3 is 0 Å². The van der Waals surface area contributed by atoms with Gasteiger partial charge in [-0.2, -0.15) is 0 Å². The van der Waals surface area contributed by atoms with E-state index in [2.05, 4.69) is 12.1 Å². The maximum atomic E-state index is 8.85. The lowest BCUT2D eigenvalue weighted by atomic mass is 10.2. The fourth-order valence-electron chi connectivity index (χ4n) is 2.27. The van der Waals surface area contributed by atoms with Gasteiger partial charge in [-0.15, -0.1) is 0 Å². The largest absolute Gasteiger partial charge is 0.461 e. The summed E-state index contributed by atoms with van der Waals surface area (Å²) in [6.07, 6.45) is 2.07. The molecule has 0 amide bonds. The highest BCUT2D eigenvalue weighted by molar-refractivity contribution is 5.77. The number of fused-ring (bicyclic) bond motifs is 1. The molecule has 1 saturated carbocycles. The van der Waals surface area contributed by atoms with Gasteiger partial charge in [0.05, 0.1) is 0 Å². The van der Waals surface area contributed by atoms with Crippen LogP contribution in [0.15, 0.2) is 34.7 Å². The molecule has 1 aromatic heterocycles. The van der Waals surface area contributed by atoms with Gasteiger partial charge < -0.3 is 9.52 Å². The molecule has 0 spiro atoms. The maximum absolute atomic E-state index is 8.85. The van der Waals surface area contributed by atoms with E-state index in [0.717, 1.165) is 17.8 Å². The lowest BCUT2D eigenvalue weighted by Crippen LogP contribution is -1.86.